The number of halogens is 1. The molecule has 7 nitrogen and oxygen atoms in total. The third-order valence-electron chi connectivity index (χ3n) is 4.67. The molecule has 0 radical (unpaired) electrons. The van der Waals surface area contributed by atoms with Gasteiger partial charge < -0.3 is 9.47 Å². The van der Waals surface area contributed by atoms with E-state index in [0.29, 0.717) is 11.4 Å². The SMILES string of the molecule is COc1ccccc1N(C)S(=O)(=O)c1ccc(C(=O)OCC(=O)c2ccc(F)cc2)cc1. The first-order valence-corrected chi connectivity index (χ1v) is 10.9. The highest BCUT2D eigenvalue weighted by molar-refractivity contribution is 7.92. The summed E-state index contributed by atoms with van der Waals surface area (Å²) in [5, 5.41) is 0. The monoisotopic (exact) mass is 457 g/mol. The fourth-order valence-corrected chi connectivity index (χ4v) is 4.08. The number of methoxy groups -OCH3 is 1. The van der Waals surface area contributed by atoms with E-state index >= 15 is 0 Å². The molecule has 3 aromatic carbocycles. The number of carbonyl (C=O) groups excluding carboxylic acids is 2. The van der Waals surface area contributed by atoms with Crippen LogP contribution in [0.4, 0.5) is 10.1 Å². The van der Waals surface area contributed by atoms with Crippen molar-refractivity contribution in [2.45, 2.75) is 4.90 Å². The van der Waals surface area contributed by atoms with Crippen molar-refractivity contribution >= 4 is 27.5 Å². The Balaban J connectivity index is 1.70. The van der Waals surface area contributed by atoms with Gasteiger partial charge in [0, 0.05) is 12.6 Å². The van der Waals surface area contributed by atoms with Crippen LogP contribution in [0.2, 0.25) is 0 Å². The van der Waals surface area contributed by atoms with Crippen LogP contribution in [0.1, 0.15) is 20.7 Å². The van der Waals surface area contributed by atoms with Gasteiger partial charge in [-0.05, 0) is 60.7 Å². The number of nitrogens with zero attached hydrogens (tertiary/aromatic N) is 1. The van der Waals surface area contributed by atoms with Gasteiger partial charge in [-0.3, -0.25) is 9.10 Å². The molecule has 0 amide bonds. The summed E-state index contributed by atoms with van der Waals surface area (Å²) in [5.74, 6) is -1.37. The molecule has 0 N–H and O–H groups in total. The van der Waals surface area contributed by atoms with E-state index in [9.17, 15) is 22.4 Å². The van der Waals surface area contributed by atoms with Crippen LogP contribution in [0.25, 0.3) is 0 Å². The second-order valence-corrected chi connectivity index (χ2v) is 8.64. The molecule has 0 spiro atoms. The van der Waals surface area contributed by atoms with Crippen LogP contribution in [0.15, 0.2) is 77.7 Å². The van der Waals surface area contributed by atoms with E-state index in [-0.39, 0.29) is 16.0 Å². The summed E-state index contributed by atoms with van der Waals surface area (Å²) in [4.78, 5) is 24.2. The number of hydrogen-bond donors (Lipinski definition) is 0. The fraction of sp³-hybridized carbons (Fsp3) is 0.130. The molecule has 32 heavy (non-hydrogen) atoms. The molecule has 0 fully saturated rings. The van der Waals surface area contributed by atoms with Gasteiger partial charge >= 0.3 is 5.97 Å². The highest BCUT2D eigenvalue weighted by atomic mass is 32.2. The van der Waals surface area contributed by atoms with Gasteiger partial charge in [0.05, 0.1) is 23.3 Å². The highest BCUT2D eigenvalue weighted by Crippen LogP contribution is 2.30. The third-order valence-corrected chi connectivity index (χ3v) is 6.46. The van der Waals surface area contributed by atoms with Crippen LogP contribution in [-0.2, 0) is 14.8 Å². The van der Waals surface area contributed by atoms with Crippen molar-refractivity contribution in [3.63, 3.8) is 0 Å². The number of ketones is 1. The van der Waals surface area contributed by atoms with E-state index in [1.165, 1.54) is 50.6 Å². The topological polar surface area (TPSA) is 90.0 Å². The number of carbonyl (C=O) groups is 2. The van der Waals surface area contributed by atoms with Crippen LogP contribution in [0, 0.1) is 5.82 Å². The summed E-state index contributed by atoms with van der Waals surface area (Å²) in [6.45, 7) is -0.527. The Morgan fingerprint density at radius 2 is 1.50 bits per heavy atom. The summed E-state index contributed by atoms with van der Waals surface area (Å²) in [6, 6.07) is 16.7. The molecule has 0 saturated heterocycles. The average molecular weight is 457 g/mol. The first-order valence-electron chi connectivity index (χ1n) is 9.42. The molecule has 3 aromatic rings. The number of rotatable bonds is 8. The number of Topliss-reactive ketones (excluding diaryl/α,β-unsaturated/α-hetero) is 1. The van der Waals surface area contributed by atoms with Gasteiger partial charge in [0.25, 0.3) is 10.0 Å². The summed E-state index contributed by atoms with van der Waals surface area (Å²) < 4.78 is 50.1. The van der Waals surface area contributed by atoms with Crippen molar-refractivity contribution in [2.24, 2.45) is 0 Å². The Morgan fingerprint density at radius 1 is 0.906 bits per heavy atom. The number of ether oxygens (including phenoxy) is 2. The lowest BCUT2D eigenvalue weighted by Gasteiger charge is -2.21. The number of hydrogen-bond acceptors (Lipinski definition) is 6. The van der Waals surface area contributed by atoms with Gasteiger partial charge in [0.1, 0.15) is 11.6 Å². The van der Waals surface area contributed by atoms with Crippen molar-refractivity contribution in [3.8, 4) is 5.75 Å². The molecule has 0 bridgehead atoms. The minimum atomic E-state index is -3.92. The predicted molar refractivity (Wildman–Crippen MR) is 116 cm³/mol. The van der Waals surface area contributed by atoms with Gasteiger partial charge in [-0.15, -0.1) is 0 Å². The van der Waals surface area contributed by atoms with Crippen LogP contribution >= 0.6 is 0 Å². The average Bonchev–Trinajstić information content (AvgIpc) is 2.82. The molecule has 0 unspecified atom stereocenters. The van der Waals surface area contributed by atoms with Crippen LogP contribution < -0.4 is 9.04 Å². The number of sulfonamides is 1. The Labute approximate surface area is 185 Å². The van der Waals surface area contributed by atoms with E-state index in [4.69, 9.17) is 9.47 Å². The lowest BCUT2D eigenvalue weighted by molar-refractivity contribution is 0.0474. The van der Waals surface area contributed by atoms with Crippen molar-refractivity contribution in [2.75, 3.05) is 25.1 Å². The standard InChI is InChI=1S/C23H20FNO6S/c1-25(20-5-3-4-6-22(20)30-2)32(28,29)19-13-9-17(10-14-19)23(27)31-15-21(26)16-7-11-18(24)12-8-16/h3-14H,15H2,1-2H3. The fourth-order valence-electron chi connectivity index (χ4n) is 2.87. The van der Waals surface area contributed by atoms with Crippen molar-refractivity contribution in [1.82, 2.24) is 0 Å². The quantitative estimate of drug-likeness (QED) is 0.379. The minimum Gasteiger partial charge on any atom is -0.495 e. The molecule has 9 heteroatoms. The normalized spacial score (nSPS) is 11.0. The lowest BCUT2D eigenvalue weighted by atomic mass is 10.1. The number of anilines is 1. The van der Waals surface area contributed by atoms with E-state index in [2.05, 4.69) is 0 Å². The predicted octanol–water partition coefficient (Wildman–Crippen LogP) is 3.70. The van der Waals surface area contributed by atoms with Gasteiger partial charge in [-0.1, -0.05) is 12.1 Å². The van der Waals surface area contributed by atoms with Crippen molar-refractivity contribution < 1.29 is 31.9 Å². The van der Waals surface area contributed by atoms with Gasteiger partial charge in [0.15, 0.2) is 12.4 Å². The molecule has 166 valence electrons. The Kier molecular flexibility index (Phi) is 6.89. The van der Waals surface area contributed by atoms with Crippen LogP contribution in [0.5, 0.6) is 5.75 Å². The van der Waals surface area contributed by atoms with Gasteiger partial charge in [-0.25, -0.2) is 17.6 Å². The van der Waals surface area contributed by atoms with E-state index in [0.717, 1.165) is 16.4 Å². The van der Waals surface area contributed by atoms with Crippen molar-refractivity contribution in [1.29, 1.82) is 0 Å². The molecular formula is C23H20FNO6S. The molecule has 0 saturated carbocycles. The Morgan fingerprint density at radius 3 is 2.12 bits per heavy atom. The first kappa shape index (κ1) is 23.0. The number of esters is 1. The number of para-hydroxylation sites is 2. The van der Waals surface area contributed by atoms with E-state index < -0.39 is 34.2 Å². The minimum absolute atomic E-state index is 0.0372. The molecule has 0 aliphatic rings. The second kappa shape index (κ2) is 9.61. The van der Waals surface area contributed by atoms with Gasteiger partial charge in [0.2, 0.25) is 0 Å². The second-order valence-electron chi connectivity index (χ2n) is 6.67. The van der Waals surface area contributed by atoms with E-state index in [1.54, 1.807) is 24.3 Å². The Bertz CT molecular complexity index is 1220. The summed E-state index contributed by atoms with van der Waals surface area (Å²) in [5.41, 5.74) is 0.647. The molecule has 0 aliphatic heterocycles. The smallest absolute Gasteiger partial charge is 0.338 e. The maximum Gasteiger partial charge on any atom is 0.338 e. The third kappa shape index (κ3) is 4.94. The largest absolute Gasteiger partial charge is 0.495 e. The van der Waals surface area contributed by atoms with Crippen LogP contribution in [-0.4, -0.2) is 40.9 Å². The molecule has 0 aromatic heterocycles. The highest BCUT2D eigenvalue weighted by Gasteiger charge is 2.24. The molecule has 3 rings (SSSR count). The Hall–Kier alpha value is -3.72. The summed E-state index contributed by atoms with van der Waals surface area (Å²) in [6.07, 6.45) is 0. The zero-order chi connectivity index (χ0) is 23.3. The number of benzene rings is 3. The van der Waals surface area contributed by atoms with E-state index in [1.807, 2.05) is 0 Å². The summed E-state index contributed by atoms with van der Waals surface area (Å²) >= 11 is 0. The zero-order valence-electron chi connectivity index (χ0n) is 17.3. The maximum atomic E-state index is 13.0. The molecule has 0 aliphatic carbocycles. The van der Waals surface area contributed by atoms with Crippen LogP contribution in [0.3, 0.4) is 0 Å². The maximum absolute atomic E-state index is 13.0. The van der Waals surface area contributed by atoms with Gasteiger partial charge in [-0.2, -0.15) is 0 Å². The van der Waals surface area contributed by atoms with Crippen molar-refractivity contribution in [3.05, 3.63) is 89.7 Å². The summed E-state index contributed by atoms with van der Waals surface area (Å²) in [7, 11) is -1.07. The zero-order valence-corrected chi connectivity index (χ0v) is 18.1. The molecular weight excluding hydrogens is 437 g/mol. The molecule has 0 atom stereocenters. The molecule has 0 heterocycles. The first-order chi connectivity index (χ1) is 15.2. The lowest BCUT2D eigenvalue weighted by Crippen LogP contribution is -2.27.